The third-order valence-electron chi connectivity index (χ3n) is 4.18. The topological polar surface area (TPSA) is 54.4 Å². The van der Waals surface area contributed by atoms with Crippen LogP contribution in [0, 0.1) is 5.41 Å². The molecule has 1 fully saturated rings. The third kappa shape index (κ3) is 3.22. The van der Waals surface area contributed by atoms with Crippen molar-refractivity contribution in [2.75, 3.05) is 0 Å². The van der Waals surface area contributed by atoms with Crippen LogP contribution in [0.1, 0.15) is 61.4 Å². The number of carbonyl (C=O) groups is 2. The Bertz CT molecular complexity index is 475. The van der Waals surface area contributed by atoms with Gasteiger partial charge in [-0.1, -0.05) is 38.1 Å². The zero-order valence-corrected chi connectivity index (χ0v) is 11.5. The fraction of sp³-hybridized carbons (Fsp3) is 0.500. The van der Waals surface area contributed by atoms with Gasteiger partial charge in [0.25, 0.3) is 5.78 Å². The summed E-state index contributed by atoms with van der Waals surface area (Å²) in [6.45, 7) is 4.61. The first-order chi connectivity index (χ1) is 8.89. The van der Waals surface area contributed by atoms with Crippen LogP contribution in [-0.2, 0) is 4.79 Å². The first kappa shape index (κ1) is 13.8. The van der Waals surface area contributed by atoms with E-state index in [4.69, 9.17) is 5.11 Å². The van der Waals surface area contributed by atoms with E-state index < -0.39 is 11.8 Å². The number of carboxylic acid groups (broad SMARTS) is 1. The van der Waals surface area contributed by atoms with Crippen molar-refractivity contribution in [3.63, 3.8) is 0 Å². The highest BCUT2D eigenvalue weighted by Crippen LogP contribution is 2.42. The van der Waals surface area contributed by atoms with Gasteiger partial charge in [-0.25, -0.2) is 4.79 Å². The van der Waals surface area contributed by atoms with Crippen LogP contribution in [0.15, 0.2) is 24.3 Å². The van der Waals surface area contributed by atoms with Crippen LogP contribution < -0.4 is 0 Å². The summed E-state index contributed by atoms with van der Waals surface area (Å²) in [6, 6.07) is 7.06. The van der Waals surface area contributed by atoms with Crippen LogP contribution in [0.5, 0.6) is 0 Å². The highest BCUT2D eigenvalue weighted by atomic mass is 16.4. The molecule has 1 aliphatic rings. The van der Waals surface area contributed by atoms with Gasteiger partial charge in [0.2, 0.25) is 0 Å². The van der Waals surface area contributed by atoms with E-state index >= 15 is 0 Å². The van der Waals surface area contributed by atoms with E-state index in [1.807, 2.05) is 12.1 Å². The summed E-state index contributed by atoms with van der Waals surface area (Å²) in [4.78, 5) is 21.9. The van der Waals surface area contributed by atoms with E-state index in [2.05, 4.69) is 13.8 Å². The number of hydrogen-bond donors (Lipinski definition) is 1. The highest BCUT2D eigenvalue weighted by Gasteiger charge is 2.27. The van der Waals surface area contributed by atoms with Crippen molar-refractivity contribution < 1.29 is 14.7 Å². The first-order valence-corrected chi connectivity index (χ1v) is 6.77. The van der Waals surface area contributed by atoms with E-state index in [1.54, 1.807) is 12.1 Å². The molecule has 0 aromatic heterocycles. The molecule has 102 valence electrons. The number of carbonyl (C=O) groups excluding carboxylic acids is 1. The Morgan fingerprint density at radius 2 is 1.63 bits per heavy atom. The van der Waals surface area contributed by atoms with Crippen LogP contribution in [0.3, 0.4) is 0 Å². The minimum Gasteiger partial charge on any atom is -0.475 e. The Morgan fingerprint density at radius 3 is 2.11 bits per heavy atom. The monoisotopic (exact) mass is 260 g/mol. The van der Waals surface area contributed by atoms with Crippen molar-refractivity contribution in [2.24, 2.45) is 5.41 Å². The van der Waals surface area contributed by atoms with Crippen molar-refractivity contribution >= 4 is 11.8 Å². The summed E-state index contributed by atoms with van der Waals surface area (Å²) >= 11 is 0. The second kappa shape index (κ2) is 5.16. The van der Waals surface area contributed by atoms with Gasteiger partial charge >= 0.3 is 5.97 Å². The minimum atomic E-state index is -1.40. The fourth-order valence-electron chi connectivity index (χ4n) is 2.76. The molecule has 1 aliphatic carbocycles. The lowest BCUT2D eigenvalue weighted by Crippen LogP contribution is -2.20. The predicted octanol–water partition coefficient (Wildman–Crippen LogP) is 3.64. The first-order valence-electron chi connectivity index (χ1n) is 6.77. The summed E-state index contributed by atoms with van der Waals surface area (Å²) in [5.74, 6) is -1.69. The molecule has 0 heterocycles. The van der Waals surface area contributed by atoms with E-state index in [0.717, 1.165) is 0 Å². The normalized spacial score (nSPS) is 19.1. The second-order valence-corrected chi connectivity index (χ2v) is 6.19. The van der Waals surface area contributed by atoms with Crippen molar-refractivity contribution in [2.45, 2.75) is 45.4 Å². The average Bonchev–Trinajstić information content (AvgIpc) is 2.38. The third-order valence-corrected chi connectivity index (χ3v) is 4.18. The number of carboxylic acids is 1. The number of ketones is 1. The van der Waals surface area contributed by atoms with E-state index in [9.17, 15) is 9.59 Å². The average molecular weight is 260 g/mol. The maximum Gasteiger partial charge on any atom is 0.377 e. The largest absolute Gasteiger partial charge is 0.475 e. The molecule has 0 unspecified atom stereocenters. The van der Waals surface area contributed by atoms with Crippen molar-refractivity contribution in [3.05, 3.63) is 35.4 Å². The maximum absolute atomic E-state index is 11.3. The van der Waals surface area contributed by atoms with E-state index in [1.165, 1.54) is 31.2 Å². The minimum absolute atomic E-state index is 0.257. The Hall–Kier alpha value is -1.64. The summed E-state index contributed by atoms with van der Waals surface area (Å²) in [6.07, 6.45) is 4.76. The molecule has 0 atom stereocenters. The Kier molecular flexibility index (Phi) is 3.74. The number of Topliss-reactive ketones (excluding diaryl/α,β-unsaturated/α-hetero) is 1. The van der Waals surface area contributed by atoms with Crippen LogP contribution >= 0.6 is 0 Å². The highest BCUT2D eigenvalue weighted by molar-refractivity contribution is 6.39. The molecule has 3 heteroatoms. The van der Waals surface area contributed by atoms with Gasteiger partial charge in [-0.2, -0.15) is 0 Å². The zero-order chi connectivity index (χ0) is 14.0. The number of benzene rings is 1. The fourth-order valence-corrected chi connectivity index (χ4v) is 2.76. The Labute approximate surface area is 113 Å². The lowest BCUT2D eigenvalue weighted by atomic mass is 9.71. The van der Waals surface area contributed by atoms with Gasteiger partial charge < -0.3 is 5.11 Å². The lowest BCUT2D eigenvalue weighted by Gasteiger charge is -2.34. The SMILES string of the molecule is CC1(C)CCC(c2ccc(C(=O)C(=O)O)cc2)CC1. The van der Waals surface area contributed by atoms with Gasteiger partial charge in [0, 0.05) is 5.56 Å². The predicted molar refractivity (Wildman–Crippen MR) is 73.4 cm³/mol. The Balaban J connectivity index is 2.07. The molecule has 0 spiro atoms. The molecule has 0 saturated heterocycles. The van der Waals surface area contributed by atoms with Crippen LogP contribution in [0.4, 0.5) is 0 Å². The molecule has 2 rings (SSSR count). The maximum atomic E-state index is 11.3. The molecule has 0 bridgehead atoms. The van der Waals surface area contributed by atoms with Gasteiger partial charge in [-0.15, -0.1) is 0 Å². The van der Waals surface area contributed by atoms with E-state index in [0.29, 0.717) is 11.3 Å². The molecule has 0 amide bonds. The molecule has 0 aliphatic heterocycles. The molecule has 3 nitrogen and oxygen atoms in total. The quantitative estimate of drug-likeness (QED) is 0.667. The molecule has 1 saturated carbocycles. The molecule has 1 aromatic carbocycles. The van der Waals surface area contributed by atoms with Crippen LogP contribution in [-0.4, -0.2) is 16.9 Å². The summed E-state index contributed by atoms with van der Waals surface area (Å²) in [7, 11) is 0. The molecule has 1 N–H and O–H groups in total. The van der Waals surface area contributed by atoms with Crippen molar-refractivity contribution in [1.82, 2.24) is 0 Å². The number of aliphatic carboxylic acids is 1. The van der Waals surface area contributed by atoms with Crippen molar-refractivity contribution in [3.8, 4) is 0 Å². The van der Waals surface area contributed by atoms with Crippen LogP contribution in [0.25, 0.3) is 0 Å². The summed E-state index contributed by atoms with van der Waals surface area (Å²) in [5, 5.41) is 8.66. The van der Waals surface area contributed by atoms with Gasteiger partial charge in [-0.05, 0) is 42.6 Å². The standard InChI is InChI=1S/C16H20O3/c1-16(2)9-7-12(8-10-16)11-3-5-13(6-4-11)14(17)15(18)19/h3-6,12H,7-10H2,1-2H3,(H,18,19). The van der Waals surface area contributed by atoms with Gasteiger partial charge in [0.15, 0.2) is 0 Å². The van der Waals surface area contributed by atoms with Crippen LogP contribution in [0.2, 0.25) is 0 Å². The molecular weight excluding hydrogens is 240 g/mol. The smallest absolute Gasteiger partial charge is 0.377 e. The summed E-state index contributed by atoms with van der Waals surface area (Å²) in [5.41, 5.74) is 1.92. The number of hydrogen-bond acceptors (Lipinski definition) is 2. The van der Waals surface area contributed by atoms with Gasteiger partial charge in [0.05, 0.1) is 0 Å². The zero-order valence-electron chi connectivity index (χ0n) is 11.5. The van der Waals surface area contributed by atoms with E-state index in [-0.39, 0.29) is 5.56 Å². The lowest BCUT2D eigenvalue weighted by molar-refractivity contribution is -0.131. The molecule has 1 aromatic rings. The van der Waals surface area contributed by atoms with Gasteiger partial charge in [0.1, 0.15) is 0 Å². The summed E-state index contributed by atoms with van der Waals surface area (Å²) < 4.78 is 0. The van der Waals surface area contributed by atoms with Gasteiger partial charge in [-0.3, -0.25) is 4.79 Å². The molecule has 19 heavy (non-hydrogen) atoms. The Morgan fingerprint density at radius 1 is 1.11 bits per heavy atom. The molecule has 0 radical (unpaired) electrons. The second-order valence-electron chi connectivity index (χ2n) is 6.19. The van der Waals surface area contributed by atoms with Crippen molar-refractivity contribution in [1.29, 1.82) is 0 Å². The number of rotatable bonds is 3. The molecular formula is C16H20O3.